The molecule has 3 heteroatoms. The van der Waals surface area contributed by atoms with Crippen molar-refractivity contribution in [3.05, 3.63) is 0 Å². The van der Waals surface area contributed by atoms with Gasteiger partial charge in [-0.3, -0.25) is 4.90 Å². The molecule has 0 spiro atoms. The zero-order chi connectivity index (χ0) is 13.7. The van der Waals surface area contributed by atoms with E-state index in [2.05, 4.69) is 15.5 Å². The predicted molar refractivity (Wildman–Crippen MR) is 85.1 cm³/mol. The Bertz CT molecular complexity index is 274. The summed E-state index contributed by atoms with van der Waals surface area (Å²) in [5.74, 6) is 0. The maximum atomic E-state index is 3.93. The van der Waals surface area contributed by atoms with Crippen LogP contribution in [-0.2, 0) is 0 Å². The van der Waals surface area contributed by atoms with Crippen LogP contribution in [0.1, 0.15) is 64.2 Å². The molecule has 2 heterocycles. The van der Waals surface area contributed by atoms with Gasteiger partial charge in [0.25, 0.3) is 0 Å². The SMILES string of the molecule is C1CCN(C2(CNC3CCCNC3)CCCCC2)CC1. The van der Waals surface area contributed by atoms with Crippen molar-refractivity contribution in [1.29, 1.82) is 0 Å². The summed E-state index contributed by atoms with van der Waals surface area (Å²) in [6, 6.07) is 0.715. The van der Waals surface area contributed by atoms with Gasteiger partial charge in [0, 0.05) is 24.7 Å². The summed E-state index contributed by atoms with van der Waals surface area (Å²) in [6.07, 6.45) is 14.2. The molecular weight excluding hydrogens is 246 g/mol. The fourth-order valence-corrected chi connectivity index (χ4v) is 4.54. The monoisotopic (exact) mass is 279 g/mol. The average molecular weight is 279 g/mol. The van der Waals surface area contributed by atoms with Gasteiger partial charge in [-0.1, -0.05) is 25.7 Å². The molecule has 3 rings (SSSR count). The van der Waals surface area contributed by atoms with Gasteiger partial charge >= 0.3 is 0 Å². The fraction of sp³-hybridized carbons (Fsp3) is 1.00. The Morgan fingerprint density at radius 3 is 2.40 bits per heavy atom. The standard InChI is InChI=1S/C17H33N3/c1-3-9-17(10-4-1,20-12-5-2-6-13-20)15-19-16-8-7-11-18-14-16/h16,18-19H,1-15H2. The van der Waals surface area contributed by atoms with Crippen molar-refractivity contribution in [2.75, 3.05) is 32.7 Å². The average Bonchev–Trinajstić information content (AvgIpc) is 2.56. The van der Waals surface area contributed by atoms with E-state index in [1.165, 1.54) is 96.9 Å². The minimum atomic E-state index is 0.496. The van der Waals surface area contributed by atoms with Crippen LogP contribution in [0.2, 0.25) is 0 Å². The quantitative estimate of drug-likeness (QED) is 0.828. The van der Waals surface area contributed by atoms with E-state index in [0.29, 0.717) is 11.6 Å². The molecule has 3 nitrogen and oxygen atoms in total. The lowest BCUT2D eigenvalue weighted by Crippen LogP contribution is -2.59. The van der Waals surface area contributed by atoms with Crippen molar-refractivity contribution in [2.24, 2.45) is 0 Å². The van der Waals surface area contributed by atoms with E-state index in [0.717, 1.165) is 0 Å². The number of nitrogens with one attached hydrogen (secondary N) is 2. The van der Waals surface area contributed by atoms with Gasteiger partial charge in [0.15, 0.2) is 0 Å². The molecule has 1 saturated carbocycles. The van der Waals surface area contributed by atoms with Crippen LogP contribution in [0.4, 0.5) is 0 Å². The normalized spacial score (nSPS) is 32.1. The lowest BCUT2D eigenvalue weighted by molar-refractivity contribution is 0.0308. The highest BCUT2D eigenvalue weighted by molar-refractivity contribution is 4.97. The van der Waals surface area contributed by atoms with Crippen molar-refractivity contribution in [2.45, 2.75) is 75.8 Å². The first-order valence-electron chi connectivity index (χ1n) is 9.08. The van der Waals surface area contributed by atoms with Gasteiger partial charge in [-0.25, -0.2) is 0 Å². The Hall–Kier alpha value is -0.120. The molecule has 116 valence electrons. The number of hydrogen-bond acceptors (Lipinski definition) is 3. The Morgan fingerprint density at radius 2 is 1.70 bits per heavy atom. The first kappa shape index (κ1) is 14.8. The van der Waals surface area contributed by atoms with Crippen molar-refractivity contribution in [3.8, 4) is 0 Å². The van der Waals surface area contributed by atoms with Gasteiger partial charge in [-0.2, -0.15) is 0 Å². The Labute approximate surface area is 124 Å². The molecule has 3 fully saturated rings. The lowest BCUT2D eigenvalue weighted by Gasteiger charge is -2.49. The highest BCUT2D eigenvalue weighted by Gasteiger charge is 2.38. The molecule has 2 aliphatic heterocycles. The van der Waals surface area contributed by atoms with Crippen molar-refractivity contribution in [3.63, 3.8) is 0 Å². The maximum absolute atomic E-state index is 3.93. The van der Waals surface area contributed by atoms with Crippen LogP contribution in [0.5, 0.6) is 0 Å². The third-order valence-corrected chi connectivity index (χ3v) is 5.83. The first-order chi connectivity index (χ1) is 9.89. The van der Waals surface area contributed by atoms with Crippen LogP contribution in [0.25, 0.3) is 0 Å². The van der Waals surface area contributed by atoms with E-state index in [9.17, 15) is 0 Å². The molecule has 20 heavy (non-hydrogen) atoms. The second kappa shape index (κ2) is 7.24. The molecule has 3 aliphatic rings. The number of hydrogen-bond donors (Lipinski definition) is 2. The number of piperidine rings is 2. The van der Waals surface area contributed by atoms with Crippen LogP contribution in [0, 0.1) is 0 Å². The van der Waals surface area contributed by atoms with Gasteiger partial charge < -0.3 is 10.6 Å². The lowest BCUT2D eigenvalue weighted by atomic mass is 9.79. The molecule has 0 bridgehead atoms. The van der Waals surface area contributed by atoms with Gasteiger partial charge in [0.2, 0.25) is 0 Å². The molecule has 1 unspecified atom stereocenters. The molecule has 0 aromatic rings. The van der Waals surface area contributed by atoms with Crippen LogP contribution in [0.15, 0.2) is 0 Å². The van der Waals surface area contributed by atoms with Crippen LogP contribution in [-0.4, -0.2) is 49.2 Å². The summed E-state index contributed by atoms with van der Waals surface area (Å²) in [4.78, 5) is 2.86. The summed E-state index contributed by atoms with van der Waals surface area (Å²) >= 11 is 0. The molecule has 0 aromatic carbocycles. The fourth-order valence-electron chi connectivity index (χ4n) is 4.54. The van der Waals surface area contributed by atoms with E-state index in [4.69, 9.17) is 0 Å². The number of nitrogens with zero attached hydrogens (tertiary/aromatic N) is 1. The van der Waals surface area contributed by atoms with Gasteiger partial charge in [-0.05, 0) is 58.2 Å². The summed E-state index contributed by atoms with van der Waals surface area (Å²) in [5.41, 5.74) is 0.496. The van der Waals surface area contributed by atoms with Crippen molar-refractivity contribution in [1.82, 2.24) is 15.5 Å². The zero-order valence-corrected chi connectivity index (χ0v) is 13.1. The van der Waals surface area contributed by atoms with Crippen LogP contribution < -0.4 is 10.6 Å². The van der Waals surface area contributed by atoms with E-state index < -0.39 is 0 Å². The first-order valence-corrected chi connectivity index (χ1v) is 9.08. The van der Waals surface area contributed by atoms with Crippen molar-refractivity contribution < 1.29 is 0 Å². The molecule has 2 N–H and O–H groups in total. The number of rotatable bonds is 4. The molecule has 0 aromatic heterocycles. The summed E-state index contributed by atoms with van der Waals surface area (Å²) < 4.78 is 0. The molecule has 1 aliphatic carbocycles. The molecule has 0 amide bonds. The molecular formula is C17H33N3. The minimum absolute atomic E-state index is 0.496. The second-order valence-electron chi connectivity index (χ2n) is 7.26. The largest absolute Gasteiger partial charge is 0.315 e. The molecule has 2 saturated heterocycles. The Kier molecular flexibility index (Phi) is 5.36. The highest BCUT2D eigenvalue weighted by atomic mass is 15.2. The molecule has 0 radical (unpaired) electrons. The van der Waals surface area contributed by atoms with Crippen molar-refractivity contribution >= 4 is 0 Å². The van der Waals surface area contributed by atoms with Crippen LogP contribution >= 0.6 is 0 Å². The van der Waals surface area contributed by atoms with E-state index >= 15 is 0 Å². The summed E-state index contributed by atoms with van der Waals surface area (Å²) in [5, 5.41) is 7.46. The molecule has 1 atom stereocenters. The third-order valence-electron chi connectivity index (χ3n) is 5.83. The second-order valence-corrected chi connectivity index (χ2v) is 7.26. The zero-order valence-electron chi connectivity index (χ0n) is 13.1. The third kappa shape index (κ3) is 3.55. The van der Waals surface area contributed by atoms with E-state index in [1.807, 2.05) is 0 Å². The van der Waals surface area contributed by atoms with Gasteiger partial charge in [0.05, 0.1) is 0 Å². The minimum Gasteiger partial charge on any atom is -0.315 e. The van der Waals surface area contributed by atoms with E-state index in [-0.39, 0.29) is 0 Å². The number of likely N-dealkylation sites (tertiary alicyclic amines) is 1. The predicted octanol–water partition coefficient (Wildman–Crippen LogP) is 2.52. The Morgan fingerprint density at radius 1 is 0.950 bits per heavy atom. The van der Waals surface area contributed by atoms with E-state index in [1.54, 1.807) is 0 Å². The van der Waals surface area contributed by atoms with Crippen LogP contribution in [0.3, 0.4) is 0 Å². The summed E-state index contributed by atoms with van der Waals surface area (Å²) in [7, 11) is 0. The topological polar surface area (TPSA) is 27.3 Å². The van der Waals surface area contributed by atoms with Gasteiger partial charge in [-0.15, -0.1) is 0 Å². The summed E-state index contributed by atoms with van der Waals surface area (Å²) in [6.45, 7) is 6.33. The Balaban J connectivity index is 1.59. The highest BCUT2D eigenvalue weighted by Crippen LogP contribution is 2.35. The van der Waals surface area contributed by atoms with Gasteiger partial charge in [0.1, 0.15) is 0 Å². The smallest absolute Gasteiger partial charge is 0.0334 e. The maximum Gasteiger partial charge on any atom is 0.0334 e.